The molecule has 1 saturated heterocycles. The standard InChI is InChI=1S/C24H32FN5O/c1-16-13-29(20(10-26)12-27-16)14-22(31)30-15-24(2,3)23-21(30)9-18(11-28-23)8-17-4-6-19(25)7-5-17/h4-7,9,11,16,20,27H,8,10,12-15,26H2,1-3H3/t16-,20+/m1/s1. The van der Waals surface area contributed by atoms with Crippen molar-refractivity contribution in [3.05, 3.63) is 59.2 Å². The van der Waals surface area contributed by atoms with Crippen molar-refractivity contribution in [2.45, 2.75) is 44.7 Å². The van der Waals surface area contributed by atoms with Crippen molar-refractivity contribution in [1.29, 1.82) is 0 Å². The van der Waals surface area contributed by atoms with Gasteiger partial charge in [0, 0.05) is 49.9 Å². The van der Waals surface area contributed by atoms with Crippen LogP contribution in [0.3, 0.4) is 0 Å². The zero-order valence-corrected chi connectivity index (χ0v) is 18.6. The van der Waals surface area contributed by atoms with Gasteiger partial charge in [0.2, 0.25) is 5.91 Å². The molecule has 4 rings (SSSR count). The molecule has 3 N–H and O–H groups in total. The van der Waals surface area contributed by atoms with Gasteiger partial charge < -0.3 is 16.0 Å². The maximum Gasteiger partial charge on any atom is 0.241 e. The Morgan fingerprint density at radius 1 is 1.29 bits per heavy atom. The van der Waals surface area contributed by atoms with Crippen LogP contribution in [0.15, 0.2) is 36.5 Å². The number of nitrogens with one attached hydrogen (secondary N) is 1. The van der Waals surface area contributed by atoms with Crippen LogP contribution in [0.4, 0.5) is 10.1 Å². The molecule has 2 aromatic rings. The van der Waals surface area contributed by atoms with Crippen LogP contribution < -0.4 is 16.0 Å². The Bertz CT molecular complexity index is 945. The molecule has 0 saturated carbocycles. The van der Waals surface area contributed by atoms with Crippen LogP contribution >= 0.6 is 0 Å². The lowest BCUT2D eigenvalue weighted by molar-refractivity contribution is -0.120. The van der Waals surface area contributed by atoms with E-state index in [0.717, 1.165) is 35.6 Å². The summed E-state index contributed by atoms with van der Waals surface area (Å²) in [5.74, 6) is -0.160. The Kier molecular flexibility index (Phi) is 6.10. The van der Waals surface area contributed by atoms with Crippen LogP contribution in [0, 0.1) is 5.82 Å². The zero-order chi connectivity index (χ0) is 22.2. The minimum absolute atomic E-state index is 0.0834. The van der Waals surface area contributed by atoms with Crippen molar-refractivity contribution in [3.8, 4) is 0 Å². The van der Waals surface area contributed by atoms with Gasteiger partial charge in [0.25, 0.3) is 0 Å². The Morgan fingerprint density at radius 3 is 2.74 bits per heavy atom. The summed E-state index contributed by atoms with van der Waals surface area (Å²) in [6.45, 7) is 9.48. The molecular weight excluding hydrogens is 393 g/mol. The van der Waals surface area contributed by atoms with Crippen molar-refractivity contribution in [2.75, 3.05) is 37.6 Å². The Labute approximate surface area is 183 Å². The molecule has 3 heterocycles. The van der Waals surface area contributed by atoms with Gasteiger partial charge in [-0.25, -0.2) is 4.39 Å². The topological polar surface area (TPSA) is 74.5 Å². The second kappa shape index (κ2) is 8.65. The molecule has 1 amide bonds. The molecule has 0 bridgehead atoms. The van der Waals surface area contributed by atoms with Crippen molar-refractivity contribution in [2.24, 2.45) is 5.73 Å². The minimum atomic E-state index is -0.243. The van der Waals surface area contributed by atoms with Gasteiger partial charge in [0.1, 0.15) is 5.82 Å². The average Bonchev–Trinajstić information content (AvgIpc) is 3.00. The van der Waals surface area contributed by atoms with Gasteiger partial charge in [0.05, 0.1) is 17.9 Å². The lowest BCUT2D eigenvalue weighted by Crippen LogP contribution is -2.60. The van der Waals surface area contributed by atoms with Crippen LogP contribution in [-0.4, -0.2) is 60.6 Å². The number of hydrogen-bond acceptors (Lipinski definition) is 5. The van der Waals surface area contributed by atoms with E-state index in [1.165, 1.54) is 12.1 Å². The van der Waals surface area contributed by atoms with E-state index in [1.54, 1.807) is 12.1 Å². The number of hydrogen-bond donors (Lipinski definition) is 2. The van der Waals surface area contributed by atoms with Crippen LogP contribution in [0.25, 0.3) is 0 Å². The molecule has 0 unspecified atom stereocenters. The van der Waals surface area contributed by atoms with Crippen LogP contribution in [-0.2, 0) is 16.6 Å². The number of anilines is 1. The van der Waals surface area contributed by atoms with E-state index in [9.17, 15) is 9.18 Å². The lowest BCUT2D eigenvalue weighted by atomic mass is 9.91. The minimum Gasteiger partial charge on any atom is -0.329 e. The summed E-state index contributed by atoms with van der Waals surface area (Å²) in [4.78, 5) is 22.2. The van der Waals surface area contributed by atoms with Gasteiger partial charge >= 0.3 is 0 Å². The van der Waals surface area contributed by atoms with E-state index in [0.29, 0.717) is 32.1 Å². The Balaban J connectivity index is 1.56. The number of piperazine rings is 1. The molecular formula is C24H32FN5O. The predicted molar refractivity (Wildman–Crippen MR) is 121 cm³/mol. The first-order valence-electron chi connectivity index (χ1n) is 11.0. The van der Waals surface area contributed by atoms with Gasteiger partial charge in [-0.3, -0.25) is 14.7 Å². The molecule has 166 valence electrons. The third-order valence-electron chi connectivity index (χ3n) is 6.37. The smallest absolute Gasteiger partial charge is 0.241 e. The number of halogens is 1. The number of rotatable bonds is 5. The van der Waals surface area contributed by atoms with Gasteiger partial charge in [0.15, 0.2) is 0 Å². The number of nitrogens with zero attached hydrogens (tertiary/aromatic N) is 3. The van der Waals surface area contributed by atoms with Crippen LogP contribution in [0.2, 0.25) is 0 Å². The molecule has 0 aliphatic carbocycles. The number of aromatic nitrogens is 1. The van der Waals surface area contributed by atoms with E-state index < -0.39 is 0 Å². The normalized spacial score (nSPS) is 23.1. The molecule has 2 aliphatic heterocycles. The van der Waals surface area contributed by atoms with Gasteiger partial charge in [-0.05, 0) is 42.7 Å². The number of pyridine rings is 1. The number of fused-ring (bicyclic) bond motifs is 1. The molecule has 0 radical (unpaired) electrons. The summed E-state index contributed by atoms with van der Waals surface area (Å²) >= 11 is 0. The highest BCUT2D eigenvalue weighted by Gasteiger charge is 2.40. The van der Waals surface area contributed by atoms with E-state index in [1.807, 2.05) is 11.1 Å². The van der Waals surface area contributed by atoms with E-state index in [-0.39, 0.29) is 23.2 Å². The molecule has 1 aromatic carbocycles. The fraction of sp³-hybridized carbons (Fsp3) is 0.500. The highest BCUT2D eigenvalue weighted by Crippen LogP contribution is 2.39. The molecule has 6 nitrogen and oxygen atoms in total. The number of carbonyl (C=O) groups is 1. The summed E-state index contributed by atoms with van der Waals surface area (Å²) in [7, 11) is 0. The SMILES string of the molecule is C[C@@H]1CN(CC(=O)N2CC(C)(C)c3ncc(Cc4ccc(F)cc4)cc32)[C@@H](CN)CN1. The Hall–Kier alpha value is -2.35. The van der Waals surface area contributed by atoms with Crippen LogP contribution in [0.1, 0.15) is 37.6 Å². The lowest BCUT2D eigenvalue weighted by Gasteiger charge is -2.39. The largest absolute Gasteiger partial charge is 0.329 e. The molecule has 7 heteroatoms. The summed E-state index contributed by atoms with van der Waals surface area (Å²) in [6.07, 6.45) is 2.52. The molecule has 2 aliphatic rings. The van der Waals surface area contributed by atoms with Crippen molar-refractivity contribution >= 4 is 11.6 Å². The third kappa shape index (κ3) is 4.63. The number of nitrogens with two attached hydrogens (primary N) is 1. The van der Waals surface area contributed by atoms with Gasteiger partial charge in [-0.2, -0.15) is 0 Å². The first kappa shape index (κ1) is 21.9. The fourth-order valence-electron chi connectivity index (χ4n) is 4.65. The van der Waals surface area contributed by atoms with Crippen LogP contribution in [0.5, 0.6) is 0 Å². The quantitative estimate of drug-likeness (QED) is 0.767. The van der Waals surface area contributed by atoms with E-state index >= 15 is 0 Å². The first-order chi connectivity index (χ1) is 14.8. The second-order valence-corrected chi connectivity index (χ2v) is 9.51. The summed E-state index contributed by atoms with van der Waals surface area (Å²) in [5.41, 5.74) is 9.61. The highest BCUT2D eigenvalue weighted by molar-refractivity contribution is 5.97. The van der Waals surface area contributed by atoms with Crippen molar-refractivity contribution in [1.82, 2.24) is 15.2 Å². The van der Waals surface area contributed by atoms with Gasteiger partial charge in [-0.1, -0.05) is 26.0 Å². The number of carbonyl (C=O) groups excluding carboxylic acids is 1. The molecule has 1 aromatic heterocycles. The molecule has 1 fully saturated rings. The maximum atomic E-state index is 13.4. The molecule has 31 heavy (non-hydrogen) atoms. The van der Waals surface area contributed by atoms with Gasteiger partial charge in [-0.15, -0.1) is 0 Å². The first-order valence-corrected chi connectivity index (χ1v) is 11.0. The average molecular weight is 426 g/mol. The Morgan fingerprint density at radius 2 is 2.03 bits per heavy atom. The second-order valence-electron chi connectivity index (χ2n) is 9.51. The van der Waals surface area contributed by atoms with Crippen molar-refractivity contribution < 1.29 is 9.18 Å². The highest BCUT2D eigenvalue weighted by atomic mass is 19.1. The number of benzene rings is 1. The van der Waals surface area contributed by atoms with Crippen molar-refractivity contribution in [3.63, 3.8) is 0 Å². The third-order valence-corrected chi connectivity index (χ3v) is 6.37. The monoisotopic (exact) mass is 425 g/mol. The molecule has 2 atom stereocenters. The zero-order valence-electron chi connectivity index (χ0n) is 18.6. The summed E-state index contributed by atoms with van der Waals surface area (Å²) in [5, 5.41) is 3.44. The fourth-order valence-corrected chi connectivity index (χ4v) is 4.65. The molecule has 0 spiro atoms. The summed E-state index contributed by atoms with van der Waals surface area (Å²) < 4.78 is 13.2. The number of amides is 1. The summed E-state index contributed by atoms with van der Waals surface area (Å²) in [6, 6.07) is 9.08. The maximum absolute atomic E-state index is 13.4. The van der Waals surface area contributed by atoms with E-state index in [4.69, 9.17) is 10.7 Å². The predicted octanol–water partition coefficient (Wildman–Crippen LogP) is 2.06. The van der Waals surface area contributed by atoms with E-state index in [2.05, 4.69) is 37.1 Å².